The van der Waals surface area contributed by atoms with E-state index in [1.807, 2.05) is 0 Å². The van der Waals surface area contributed by atoms with Crippen LogP contribution in [0.15, 0.2) is 12.1 Å². The molecule has 20 heavy (non-hydrogen) atoms. The smallest absolute Gasteiger partial charge is 0.343 e. The number of nitrogens with zero attached hydrogens (tertiary/aromatic N) is 2. The van der Waals surface area contributed by atoms with Crippen LogP contribution in [0, 0.1) is 11.8 Å². The molecule has 6 heteroatoms. The summed E-state index contributed by atoms with van der Waals surface area (Å²) in [5.74, 6) is 1.20. The summed E-state index contributed by atoms with van der Waals surface area (Å²) in [5, 5.41) is 9.32. The molecule has 2 heterocycles. The molecule has 0 aromatic carbocycles. The number of hydrogen-bond acceptors (Lipinski definition) is 6. The van der Waals surface area contributed by atoms with Gasteiger partial charge < -0.3 is 19.5 Å². The molecule has 1 N–H and O–H groups in total. The highest BCUT2D eigenvalue weighted by Gasteiger charge is 2.30. The van der Waals surface area contributed by atoms with Crippen molar-refractivity contribution in [1.29, 1.82) is 0 Å². The first-order valence-corrected chi connectivity index (χ1v) is 6.59. The normalized spacial score (nSPS) is 21.9. The van der Waals surface area contributed by atoms with Gasteiger partial charge in [0.1, 0.15) is 11.4 Å². The number of carbonyl (C=O) groups excluding carboxylic acids is 1. The number of anilines is 1. The molecule has 0 radical (unpaired) electrons. The SMILES string of the molecule is COC(=O)c1ccc(N2C[C@@H](CO)[C@H](C)C2)nc1OC. The van der Waals surface area contributed by atoms with Crippen LogP contribution >= 0.6 is 0 Å². The van der Waals surface area contributed by atoms with Gasteiger partial charge in [-0.05, 0) is 18.1 Å². The Morgan fingerprint density at radius 2 is 2.20 bits per heavy atom. The fraction of sp³-hybridized carbons (Fsp3) is 0.571. The second-order valence-electron chi connectivity index (χ2n) is 5.04. The van der Waals surface area contributed by atoms with E-state index in [0.717, 1.165) is 18.9 Å². The quantitative estimate of drug-likeness (QED) is 0.828. The molecule has 1 aliphatic rings. The minimum absolute atomic E-state index is 0.176. The number of rotatable bonds is 4. The van der Waals surface area contributed by atoms with Gasteiger partial charge in [-0.2, -0.15) is 4.98 Å². The molecular formula is C14H20N2O4. The molecule has 0 amide bonds. The van der Waals surface area contributed by atoms with E-state index in [9.17, 15) is 9.90 Å². The van der Waals surface area contributed by atoms with Gasteiger partial charge in [-0.1, -0.05) is 6.92 Å². The van der Waals surface area contributed by atoms with E-state index < -0.39 is 5.97 Å². The zero-order chi connectivity index (χ0) is 14.7. The zero-order valence-electron chi connectivity index (χ0n) is 12.0. The van der Waals surface area contributed by atoms with Crippen LogP contribution in [0.25, 0.3) is 0 Å². The first-order chi connectivity index (χ1) is 9.60. The molecule has 0 aliphatic carbocycles. The molecule has 1 aromatic heterocycles. The van der Waals surface area contributed by atoms with Gasteiger partial charge >= 0.3 is 5.97 Å². The van der Waals surface area contributed by atoms with Gasteiger partial charge in [0.25, 0.3) is 0 Å². The Morgan fingerprint density at radius 1 is 1.45 bits per heavy atom. The van der Waals surface area contributed by atoms with Crippen molar-refractivity contribution in [2.75, 3.05) is 38.8 Å². The van der Waals surface area contributed by atoms with Gasteiger partial charge in [-0.25, -0.2) is 4.79 Å². The maximum Gasteiger partial charge on any atom is 0.343 e. The lowest BCUT2D eigenvalue weighted by Crippen LogP contribution is -2.22. The maximum absolute atomic E-state index is 11.6. The third-order valence-electron chi connectivity index (χ3n) is 3.77. The van der Waals surface area contributed by atoms with Crippen LogP contribution in [0.1, 0.15) is 17.3 Å². The predicted octanol–water partition coefficient (Wildman–Crippen LogP) is 0.941. The van der Waals surface area contributed by atoms with Gasteiger partial charge in [0.05, 0.1) is 14.2 Å². The summed E-state index contributed by atoms with van der Waals surface area (Å²) < 4.78 is 9.85. The van der Waals surface area contributed by atoms with Crippen LogP contribution < -0.4 is 9.64 Å². The molecule has 1 saturated heterocycles. The molecule has 2 rings (SSSR count). The van der Waals surface area contributed by atoms with Crippen LogP contribution in [0.5, 0.6) is 5.88 Å². The lowest BCUT2D eigenvalue weighted by atomic mass is 10.00. The topological polar surface area (TPSA) is 71.9 Å². The Balaban J connectivity index is 2.24. The van der Waals surface area contributed by atoms with Crippen LogP contribution in [0.3, 0.4) is 0 Å². The Kier molecular flexibility index (Phi) is 4.44. The largest absolute Gasteiger partial charge is 0.480 e. The fourth-order valence-electron chi connectivity index (χ4n) is 2.49. The maximum atomic E-state index is 11.6. The fourth-order valence-corrected chi connectivity index (χ4v) is 2.49. The number of ether oxygens (including phenoxy) is 2. The summed E-state index contributed by atoms with van der Waals surface area (Å²) >= 11 is 0. The molecule has 1 aromatic rings. The summed E-state index contributed by atoms with van der Waals surface area (Å²) in [6.45, 7) is 3.88. The van der Waals surface area contributed by atoms with Crippen molar-refractivity contribution in [3.05, 3.63) is 17.7 Å². The summed E-state index contributed by atoms with van der Waals surface area (Å²) in [7, 11) is 2.80. The van der Waals surface area contributed by atoms with E-state index in [1.165, 1.54) is 14.2 Å². The summed E-state index contributed by atoms with van der Waals surface area (Å²) in [6.07, 6.45) is 0. The van der Waals surface area contributed by atoms with Gasteiger partial charge in [0.15, 0.2) is 0 Å². The number of aromatic nitrogens is 1. The predicted molar refractivity (Wildman–Crippen MR) is 74.1 cm³/mol. The monoisotopic (exact) mass is 280 g/mol. The van der Waals surface area contributed by atoms with E-state index >= 15 is 0 Å². The average molecular weight is 280 g/mol. The Labute approximate surface area is 118 Å². The minimum atomic E-state index is -0.469. The van der Waals surface area contributed by atoms with E-state index in [0.29, 0.717) is 11.5 Å². The second kappa shape index (κ2) is 6.09. The molecule has 1 aliphatic heterocycles. The van der Waals surface area contributed by atoms with Crippen molar-refractivity contribution in [2.45, 2.75) is 6.92 Å². The molecular weight excluding hydrogens is 260 g/mol. The van der Waals surface area contributed by atoms with Crippen molar-refractivity contribution < 1.29 is 19.4 Å². The van der Waals surface area contributed by atoms with Gasteiger partial charge in [0.2, 0.25) is 5.88 Å². The van der Waals surface area contributed by atoms with Gasteiger partial charge in [0, 0.05) is 25.6 Å². The van der Waals surface area contributed by atoms with E-state index in [4.69, 9.17) is 9.47 Å². The van der Waals surface area contributed by atoms with Crippen molar-refractivity contribution in [3.63, 3.8) is 0 Å². The Bertz CT molecular complexity index is 492. The van der Waals surface area contributed by atoms with Gasteiger partial charge in [-0.15, -0.1) is 0 Å². The van der Waals surface area contributed by atoms with Crippen LogP contribution in [0.4, 0.5) is 5.82 Å². The highest BCUT2D eigenvalue weighted by atomic mass is 16.5. The summed E-state index contributed by atoms with van der Waals surface area (Å²) in [5.41, 5.74) is 0.310. The number of hydrogen-bond donors (Lipinski definition) is 1. The van der Waals surface area contributed by atoms with Crippen LogP contribution in [-0.2, 0) is 4.74 Å². The molecule has 0 spiro atoms. The lowest BCUT2D eigenvalue weighted by molar-refractivity contribution is 0.0596. The van der Waals surface area contributed by atoms with E-state index in [2.05, 4.69) is 16.8 Å². The number of pyridine rings is 1. The van der Waals surface area contributed by atoms with Crippen LogP contribution in [-0.4, -0.2) is 50.0 Å². The highest BCUT2D eigenvalue weighted by Crippen LogP contribution is 2.29. The highest BCUT2D eigenvalue weighted by molar-refractivity contribution is 5.92. The molecule has 6 nitrogen and oxygen atoms in total. The van der Waals surface area contributed by atoms with Crippen molar-refractivity contribution in [1.82, 2.24) is 4.98 Å². The van der Waals surface area contributed by atoms with E-state index in [-0.39, 0.29) is 18.4 Å². The number of carbonyl (C=O) groups is 1. The second-order valence-corrected chi connectivity index (χ2v) is 5.04. The number of aliphatic hydroxyl groups excluding tert-OH is 1. The summed E-state index contributed by atoms with van der Waals surface area (Å²) in [6, 6.07) is 3.44. The standard InChI is InChI=1S/C14H20N2O4/c1-9-6-16(7-10(9)8-17)12-5-4-11(14(18)20-3)13(15-12)19-2/h4-5,9-10,17H,6-8H2,1-3H3/t9-,10+/m1/s1. The first-order valence-electron chi connectivity index (χ1n) is 6.59. The average Bonchev–Trinajstić information content (AvgIpc) is 2.86. The number of methoxy groups -OCH3 is 2. The Hall–Kier alpha value is -1.82. The molecule has 2 atom stereocenters. The third kappa shape index (κ3) is 2.70. The van der Waals surface area contributed by atoms with Crippen molar-refractivity contribution >= 4 is 11.8 Å². The lowest BCUT2D eigenvalue weighted by Gasteiger charge is -2.18. The van der Waals surface area contributed by atoms with Crippen LogP contribution in [0.2, 0.25) is 0 Å². The molecule has 0 bridgehead atoms. The minimum Gasteiger partial charge on any atom is -0.480 e. The molecule has 110 valence electrons. The van der Waals surface area contributed by atoms with Gasteiger partial charge in [-0.3, -0.25) is 0 Å². The molecule has 0 unspecified atom stereocenters. The number of esters is 1. The van der Waals surface area contributed by atoms with Crippen molar-refractivity contribution in [3.8, 4) is 5.88 Å². The molecule has 1 fully saturated rings. The third-order valence-corrected chi connectivity index (χ3v) is 3.77. The van der Waals surface area contributed by atoms with E-state index in [1.54, 1.807) is 12.1 Å². The summed E-state index contributed by atoms with van der Waals surface area (Å²) in [4.78, 5) is 18.0. The number of aliphatic hydroxyl groups is 1. The Morgan fingerprint density at radius 3 is 2.75 bits per heavy atom. The molecule has 0 saturated carbocycles. The zero-order valence-corrected chi connectivity index (χ0v) is 12.0. The first kappa shape index (κ1) is 14.6. The van der Waals surface area contributed by atoms with Crippen molar-refractivity contribution in [2.24, 2.45) is 11.8 Å².